The van der Waals surface area contributed by atoms with Gasteiger partial charge >= 0.3 is 0 Å². The molecule has 0 aromatic heterocycles. The molecule has 0 fully saturated rings. The Morgan fingerprint density at radius 3 is 2.47 bits per heavy atom. The minimum Gasteiger partial charge on any atom is -0.399 e. The van der Waals surface area contributed by atoms with E-state index in [0.717, 1.165) is 6.07 Å². The van der Waals surface area contributed by atoms with E-state index >= 15 is 0 Å². The number of hydrogen-bond acceptors (Lipinski definition) is 4. The zero-order valence-corrected chi connectivity index (χ0v) is 12.0. The molecule has 0 aliphatic heterocycles. The zero-order chi connectivity index (χ0) is 14.8. The van der Waals surface area contributed by atoms with Gasteiger partial charge in [-0.25, -0.2) is 17.5 Å². The number of rotatable bonds is 5. The fourth-order valence-electron chi connectivity index (χ4n) is 1.60. The van der Waals surface area contributed by atoms with Crippen molar-refractivity contribution in [3.63, 3.8) is 0 Å². The molecular formula is C12H19FN2O3S. The number of halogens is 1. The first kappa shape index (κ1) is 15.9. The predicted molar refractivity (Wildman–Crippen MR) is 71.6 cm³/mol. The molecule has 0 spiro atoms. The molecule has 0 saturated carbocycles. The van der Waals surface area contributed by atoms with Crippen LogP contribution in [0.15, 0.2) is 17.0 Å². The summed E-state index contributed by atoms with van der Waals surface area (Å²) in [5.74, 6) is -0.767. The fourth-order valence-corrected chi connectivity index (χ4v) is 3.26. The van der Waals surface area contributed by atoms with E-state index in [0.29, 0.717) is 0 Å². The summed E-state index contributed by atoms with van der Waals surface area (Å²) >= 11 is 0. The Morgan fingerprint density at radius 2 is 2.00 bits per heavy atom. The molecule has 1 rings (SSSR count). The molecule has 1 atom stereocenters. The van der Waals surface area contributed by atoms with Crippen LogP contribution >= 0.6 is 0 Å². The molecule has 0 aliphatic carbocycles. The highest BCUT2D eigenvalue weighted by Crippen LogP contribution is 2.22. The maximum absolute atomic E-state index is 13.5. The number of sulfonamides is 1. The average Bonchev–Trinajstić information content (AvgIpc) is 2.30. The summed E-state index contributed by atoms with van der Waals surface area (Å²) in [5.41, 5.74) is 5.50. The number of anilines is 1. The van der Waals surface area contributed by atoms with Crippen molar-refractivity contribution >= 4 is 15.7 Å². The number of benzene rings is 1. The van der Waals surface area contributed by atoms with E-state index in [1.165, 1.54) is 13.0 Å². The number of nitrogen functional groups attached to an aromatic ring is 1. The quantitative estimate of drug-likeness (QED) is 0.706. The summed E-state index contributed by atoms with van der Waals surface area (Å²) in [4.78, 5) is -0.205. The van der Waals surface area contributed by atoms with Crippen molar-refractivity contribution < 1.29 is 17.9 Å². The Labute approximate surface area is 112 Å². The van der Waals surface area contributed by atoms with E-state index in [1.54, 1.807) is 13.8 Å². The van der Waals surface area contributed by atoms with E-state index in [9.17, 15) is 12.8 Å². The molecule has 5 nitrogen and oxygen atoms in total. The van der Waals surface area contributed by atoms with E-state index in [2.05, 4.69) is 4.72 Å². The average molecular weight is 290 g/mol. The molecule has 1 aromatic carbocycles. The topological polar surface area (TPSA) is 92.4 Å². The van der Waals surface area contributed by atoms with E-state index in [1.807, 2.05) is 0 Å². The highest BCUT2D eigenvalue weighted by Gasteiger charge is 2.24. The van der Waals surface area contributed by atoms with Crippen molar-refractivity contribution in [2.45, 2.75) is 31.7 Å². The lowest BCUT2D eigenvalue weighted by Crippen LogP contribution is -2.41. The number of aliphatic hydroxyl groups excluding tert-OH is 1. The molecule has 0 saturated heterocycles. The predicted octanol–water partition coefficient (Wildman–Crippen LogP) is 1.01. The third kappa shape index (κ3) is 3.65. The van der Waals surface area contributed by atoms with Crippen molar-refractivity contribution in [3.05, 3.63) is 23.5 Å². The Morgan fingerprint density at radius 1 is 1.42 bits per heavy atom. The van der Waals surface area contributed by atoms with Crippen LogP contribution in [0, 0.1) is 18.7 Å². The molecule has 0 unspecified atom stereocenters. The molecule has 108 valence electrons. The smallest absolute Gasteiger partial charge is 0.241 e. The monoisotopic (exact) mass is 290 g/mol. The van der Waals surface area contributed by atoms with Crippen LogP contribution in [0.25, 0.3) is 0 Å². The number of aliphatic hydroxyl groups is 1. The van der Waals surface area contributed by atoms with Gasteiger partial charge in [-0.2, -0.15) is 0 Å². The highest BCUT2D eigenvalue weighted by atomic mass is 32.2. The highest BCUT2D eigenvalue weighted by molar-refractivity contribution is 7.89. The van der Waals surface area contributed by atoms with Gasteiger partial charge in [-0.1, -0.05) is 13.8 Å². The van der Waals surface area contributed by atoms with E-state index < -0.39 is 21.9 Å². The maximum atomic E-state index is 13.5. The van der Waals surface area contributed by atoms with Gasteiger partial charge in [-0.3, -0.25) is 0 Å². The van der Waals surface area contributed by atoms with Crippen LogP contribution in [0.4, 0.5) is 10.1 Å². The second-order valence-electron chi connectivity index (χ2n) is 4.78. The van der Waals surface area contributed by atoms with Gasteiger partial charge < -0.3 is 10.8 Å². The maximum Gasteiger partial charge on any atom is 0.241 e. The lowest BCUT2D eigenvalue weighted by Gasteiger charge is -2.20. The summed E-state index contributed by atoms with van der Waals surface area (Å²) in [6.45, 7) is 4.58. The standard InChI is InChI=1S/C12H19FN2O3S/c1-7(2)11(6-16)15-19(17,18)12-5-9(14)4-10(13)8(12)3/h4-5,7,11,15-16H,6,14H2,1-3H3/t11-/m1/s1. The van der Waals surface area contributed by atoms with Crippen molar-refractivity contribution in [2.75, 3.05) is 12.3 Å². The third-order valence-electron chi connectivity index (χ3n) is 2.92. The normalized spacial score (nSPS) is 13.8. The lowest BCUT2D eigenvalue weighted by atomic mass is 10.1. The van der Waals surface area contributed by atoms with Crippen molar-refractivity contribution in [1.29, 1.82) is 0 Å². The Kier molecular flexibility index (Phi) is 4.89. The summed E-state index contributed by atoms with van der Waals surface area (Å²) in [6, 6.07) is 1.64. The number of nitrogens with two attached hydrogens (primary N) is 1. The van der Waals surface area contributed by atoms with E-state index in [4.69, 9.17) is 10.8 Å². The summed E-state index contributed by atoms with van der Waals surface area (Å²) in [7, 11) is -3.92. The second kappa shape index (κ2) is 5.85. The van der Waals surface area contributed by atoms with Gasteiger partial charge in [0.25, 0.3) is 0 Å². The van der Waals surface area contributed by atoms with Crippen molar-refractivity contribution in [2.24, 2.45) is 5.92 Å². The van der Waals surface area contributed by atoms with Gasteiger partial charge in [-0.05, 0) is 25.0 Å². The van der Waals surface area contributed by atoms with Gasteiger partial charge in [-0.15, -0.1) is 0 Å². The Balaban J connectivity index is 3.21. The SMILES string of the molecule is Cc1c(F)cc(N)cc1S(=O)(=O)N[C@H](CO)C(C)C. The molecule has 19 heavy (non-hydrogen) atoms. The van der Waals surface area contributed by atoms with Gasteiger partial charge in [0.05, 0.1) is 11.5 Å². The van der Waals surface area contributed by atoms with Crippen LogP contribution in [0.2, 0.25) is 0 Å². The molecule has 0 radical (unpaired) electrons. The van der Waals surface area contributed by atoms with Gasteiger partial charge in [0.15, 0.2) is 0 Å². The number of hydrogen-bond donors (Lipinski definition) is 3. The summed E-state index contributed by atoms with van der Waals surface area (Å²) < 4.78 is 40.3. The summed E-state index contributed by atoms with van der Waals surface area (Å²) in [5, 5.41) is 9.16. The minimum atomic E-state index is -3.92. The van der Waals surface area contributed by atoms with Gasteiger partial charge in [0.1, 0.15) is 5.82 Å². The van der Waals surface area contributed by atoms with E-state index in [-0.39, 0.29) is 28.7 Å². The van der Waals surface area contributed by atoms with Crippen LogP contribution in [-0.2, 0) is 10.0 Å². The lowest BCUT2D eigenvalue weighted by molar-refractivity contribution is 0.227. The minimum absolute atomic E-state index is 0.00199. The first-order valence-corrected chi connectivity index (χ1v) is 7.36. The fraction of sp³-hybridized carbons (Fsp3) is 0.500. The second-order valence-corrected chi connectivity index (χ2v) is 6.46. The third-order valence-corrected chi connectivity index (χ3v) is 4.53. The van der Waals surface area contributed by atoms with Crippen molar-refractivity contribution in [1.82, 2.24) is 4.72 Å². The molecule has 0 aliphatic rings. The van der Waals surface area contributed by atoms with Crippen LogP contribution < -0.4 is 10.5 Å². The summed E-state index contributed by atoms with van der Waals surface area (Å²) in [6.07, 6.45) is 0. The molecule has 1 aromatic rings. The molecular weight excluding hydrogens is 271 g/mol. The van der Waals surface area contributed by atoms with Crippen LogP contribution in [0.3, 0.4) is 0 Å². The van der Waals surface area contributed by atoms with Crippen LogP contribution in [-0.4, -0.2) is 26.2 Å². The molecule has 0 heterocycles. The van der Waals surface area contributed by atoms with Crippen LogP contribution in [0.1, 0.15) is 19.4 Å². The zero-order valence-electron chi connectivity index (χ0n) is 11.1. The first-order valence-electron chi connectivity index (χ1n) is 5.88. The van der Waals surface area contributed by atoms with Gasteiger partial charge in [0.2, 0.25) is 10.0 Å². The molecule has 4 N–H and O–H groups in total. The molecule has 7 heteroatoms. The van der Waals surface area contributed by atoms with Crippen molar-refractivity contribution in [3.8, 4) is 0 Å². The largest absolute Gasteiger partial charge is 0.399 e. The Hall–Kier alpha value is -1.18. The number of nitrogens with one attached hydrogen (secondary N) is 1. The molecule has 0 bridgehead atoms. The van der Waals surface area contributed by atoms with Gasteiger partial charge in [0, 0.05) is 17.3 Å². The first-order chi connectivity index (χ1) is 8.69. The Bertz CT molecular complexity index is 558. The molecule has 0 amide bonds. The van der Waals surface area contributed by atoms with Crippen LogP contribution in [0.5, 0.6) is 0 Å².